The van der Waals surface area contributed by atoms with Gasteiger partial charge in [0.15, 0.2) is 0 Å². The van der Waals surface area contributed by atoms with Crippen molar-refractivity contribution in [3.8, 4) is 5.75 Å². The molecule has 0 bridgehead atoms. The average Bonchev–Trinajstić information content (AvgIpc) is 3.17. The van der Waals surface area contributed by atoms with E-state index in [1.54, 1.807) is 31.2 Å². The molecule has 0 aliphatic heterocycles. The number of hydrogen-bond acceptors (Lipinski definition) is 7. The number of sulfonamides is 1. The molecule has 0 unspecified atom stereocenters. The van der Waals surface area contributed by atoms with Crippen molar-refractivity contribution in [2.45, 2.75) is 24.2 Å². The zero-order valence-electron chi connectivity index (χ0n) is 16.1. The summed E-state index contributed by atoms with van der Waals surface area (Å²) >= 11 is 6.55. The molecule has 3 rings (SSSR count). The van der Waals surface area contributed by atoms with Gasteiger partial charge in [0.25, 0.3) is 15.9 Å². The lowest BCUT2D eigenvalue weighted by Crippen LogP contribution is -2.36. The van der Waals surface area contributed by atoms with Gasteiger partial charge >= 0.3 is 0 Å². The van der Waals surface area contributed by atoms with Crippen LogP contribution in [0.1, 0.15) is 22.8 Å². The van der Waals surface area contributed by atoms with Crippen molar-refractivity contribution in [3.05, 3.63) is 64.7 Å². The van der Waals surface area contributed by atoms with Crippen LogP contribution in [0.5, 0.6) is 5.75 Å². The van der Waals surface area contributed by atoms with E-state index < -0.39 is 22.0 Å². The molecule has 8 nitrogen and oxygen atoms in total. The summed E-state index contributed by atoms with van der Waals surface area (Å²) in [5.74, 6) is 0.203. The normalized spacial score (nSPS) is 12.4. The Hall–Kier alpha value is -2.53. The number of carbonyl (C=O) groups is 1. The summed E-state index contributed by atoms with van der Waals surface area (Å²) in [4.78, 5) is 12.2. The van der Waals surface area contributed by atoms with Crippen molar-refractivity contribution in [3.63, 3.8) is 0 Å². The fourth-order valence-corrected chi connectivity index (χ4v) is 4.61. The molecule has 1 aromatic heterocycles. The van der Waals surface area contributed by atoms with Gasteiger partial charge in [0.05, 0.1) is 6.04 Å². The lowest BCUT2D eigenvalue weighted by molar-refractivity contribution is 0.102. The summed E-state index contributed by atoms with van der Waals surface area (Å²) in [5, 5.41) is 10.5. The van der Waals surface area contributed by atoms with Crippen LogP contribution in [0.3, 0.4) is 0 Å². The quantitative estimate of drug-likeness (QED) is 0.491. The highest BCUT2D eigenvalue weighted by Gasteiger charge is 2.23. The SMILES string of the molecule is Cc1ccc(OC[C@@H](C)NS(=O)(=O)c2nnc(NC(=O)c3ccc(Cl)cc3)s2)cc1. The Labute approximate surface area is 183 Å². The molecule has 30 heavy (non-hydrogen) atoms. The molecule has 2 aromatic carbocycles. The van der Waals surface area contributed by atoms with E-state index in [2.05, 4.69) is 20.2 Å². The molecule has 0 radical (unpaired) electrons. The largest absolute Gasteiger partial charge is 0.492 e. The third-order valence-electron chi connectivity index (χ3n) is 3.84. The fourth-order valence-electron chi connectivity index (χ4n) is 2.34. The maximum atomic E-state index is 12.5. The Balaban J connectivity index is 1.58. The van der Waals surface area contributed by atoms with E-state index in [4.69, 9.17) is 16.3 Å². The molecule has 0 spiro atoms. The number of ether oxygens (including phenoxy) is 1. The molecule has 0 aliphatic carbocycles. The third-order valence-corrected chi connectivity index (χ3v) is 6.89. The van der Waals surface area contributed by atoms with Crippen molar-refractivity contribution < 1.29 is 17.9 Å². The van der Waals surface area contributed by atoms with Crippen LogP contribution in [0, 0.1) is 6.92 Å². The predicted molar refractivity (Wildman–Crippen MR) is 116 cm³/mol. The maximum Gasteiger partial charge on any atom is 0.270 e. The first kappa shape index (κ1) is 22.2. The first-order chi connectivity index (χ1) is 14.2. The van der Waals surface area contributed by atoms with Crippen LogP contribution < -0.4 is 14.8 Å². The lowest BCUT2D eigenvalue weighted by atomic mass is 10.2. The molecule has 2 N–H and O–H groups in total. The van der Waals surface area contributed by atoms with Crippen molar-refractivity contribution in [2.75, 3.05) is 11.9 Å². The van der Waals surface area contributed by atoms with Crippen LogP contribution in [0.15, 0.2) is 52.9 Å². The Morgan fingerprint density at radius 1 is 1.13 bits per heavy atom. The molecule has 158 valence electrons. The highest BCUT2D eigenvalue weighted by Crippen LogP contribution is 2.21. The van der Waals surface area contributed by atoms with Gasteiger partial charge in [0.2, 0.25) is 9.47 Å². The molecule has 3 aromatic rings. The van der Waals surface area contributed by atoms with Gasteiger partial charge in [-0.3, -0.25) is 10.1 Å². The van der Waals surface area contributed by atoms with Crippen molar-refractivity contribution >= 4 is 44.0 Å². The third kappa shape index (κ3) is 5.99. The number of benzene rings is 2. The number of hydrogen-bond donors (Lipinski definition) is 2. The minimum absolute atomic E-state index is 0.0684. The minimum atomic E-state index is -3.91. The molecule has 0 fully saturated rings. The van der Waals surface area contributed by atoms with E-state index in [1.807, 2.05) is 31.2 Å². The number of carbonyl (C=O) groups excluding carboxylic acids is 1. The van der Waals surface area contributed by atoms with Crippen LogP contribution in [0.25, 0.3) is 0 Å². The fraction of sp³-hybridized carbons (Fsp3) is 0.211. The van der Waals surface area contributed by atoms with E-state index in [-0.39, 0.29) is 16.1 Å². The van der Waals surface area contributed by atoms with Gasteiger partial charge in [-0.1, -0.05) is 40.6 Å². The van der Waals surface area contributed by atoms with Crippen LogP contribution in [0.4, 0.5) is 5.13 Å². The number of aromatic nitrogens is 2. The molecule has 0 saturated carbocycles. The molecule has 11 heteroatoms. The van der Waals surface area contributed by atoms with Gasteiger partial charge < -0.3 is 4.74 Å². The first-order valence-corrected chi connectivity index (χ1v) is 11.5. The Kier molecular flexibility index (Phi) is 7.03. The summed E-state index contributed by atoms with van der Waals surface area (Å²) in [6, 6.07) is 13.2. The van der Waals surface area contributed by atoms with Gasteiger partial charge in [0, 0.05) is 10.6 Å². The van der Waals surface area contributed by atoms with Crippen LogP contribution in [0.2, 0.25) is 5.02 Å². The minimum Gasteiger partial charge on any atom is -0.492 e. The number of aryl methyl sites for hydroxylation is 1. The second kappa shape index (κ2) is 9.52. The van der Waals surface area contributed by atoms with Gasteiger partial charge in [-0.2, -0.15) is 0 Å². The molecule has 0 aliphatic rings. The van der Waals surface area contributed by atoms with E-state index in [1.165, 1.54) is 0 Å². The highest BCUT2D eigenvalue weighted by atomic mass is 35.5. The molecule has 1 amide bonds. The summed E-state index contributed by atoms with van der Waals surface area (Å²) in [6.07, 6.45) is 0. The van der Waals surface area contributed by atoms with E-state index in [0.29, 0.717) is 16.3 Å². The number of amides is 1. The van der Waals surface area contributed by atoms with Gasteiger partial charge in [0.1, 0.15) is 12.4 Å². The number of nitrogens with one attached hydrogen (secondary N) is 2. The summed E-state index contributed by atoms with van der Waals surface area (Å²) in [7, 11) is -3.91. The standard InChI is InChI=1S/C19H19ClN4O4S2/c1-12-3-9-16(10-4-12)28-11-13(2)24-30(26,27)19-23-22-18(29-19)21-17(25)14-5-7-15(20)8-6-14/h3-10,13,24H,11H2,1-2H3,(H,21,22,25)/t13-/m1/s1. The first-order valence-electron chi connectivity index (χ1n) is 8.85. The second-order valence-corrected chi connectivity index (χ2v) is 9.78. The van der Waals surface area contributed by atoms with E-state index in [0.717, 1.165) is 16.9 Å². The van der Waals surface area contributed by atoms with Crippen LogP contribution in [-0.4, -0.2) is 37.2 Å². The molecule has 1 atom stereocenters. The molecular weight excluding hydrogens is 448 g/mol. The monoisotopic (exact) mass is 466 g/mol. The van der Waals surface area contributed by atoms with E-state index >= 15 is 0 Å². The van der Waals surface area contributed by atoms with Gasteiger partial charge in [-0.05, 0) is 50.2 Å². The molecule has 0 saturated heterocycles. The Bertz CT molecular complexity index is 1120. The number of anilines is 1. The Morgan fingerprint density at radius 2 is 1.80 bits per heavy atom. The summed E-state index contributed by atoms with van der Waals surface area (Å²) < 4.78 is 32.9. The maximum absolute atomic E-state index is 12.5. The van der Waals surface area contributed by atoms with Crippen molar-refractivity contribution in [1.29, 1.82) is 0 Å². The van der Waals surface area contributed by atoms with E-state index in [9.17, 15) is 13.2 Å². The molecule has 1 heterocycles. The smallest absolute Gasteiger partial charge is 0.270 e. The second-order valence-electron chi connectivity index (χ2n) is 6.48. The topological polar surface area (TPSA) is 110 Å². The van der Waals surface area contributed by atoms with Gasteiger partial charge in [-0.25, -0.2) is 13.1 Å². The summed E-state index contributed by atoms with van der Waals surface area (Å²) in [5.41, 5.74) is 1.46. The zero-order valence-corrected chi connectivity index (χ0v) is 18.5. The van der Waals surface area contributed by atoms with Crippen molar-refractivity contribution in [2.24, 2.45) is 0 Å². The Morgan fingerprint density at radius 3 is 2.47 bits per heavy atom. The predicted octanol–water partition coefficient (Wildman–Crippen LogP) is 3.50. The zero-order chi connectivity index (χ0) is 21.7. The van der Waals surface area contributed by atoms with Gasteiger partial charge in [-0.15, -0.1) is 10.2 Å². The average molecular weight is 467 g/mol. The number of rotatable bonds is 8. The highest BCUT2D eigenvalue weighted by molar-refractivity contribution is 7.91. The van der Waals surface area contributed by atoms with Crippen LogP contribution >= 0.6 is 22.9 Å². The summed E-state index contributed by atoms with van der Waals surface area (Å²) in [6.45, 7) is 3.78. The van der Waals surface area contributed by atoms with Crippen molar-refractivity contribution in [1.82, 2.24) is 14.9 Å². The lowest BCUT2D eigenvalue weighted by Gasteiger charge is -2.14. The van der Waals surface area contributed by atoms with Crippen LogP contribution in [-0.2, 0) is 10.0 Å². The molecular formula is C19H19ClN4O4S2. The number of nitrogens with zero attached hydrogens (tertiary/aromatic N) is 2. The number of halogens is 1.